The summed E-state index contributed by atoms with van der Waals surface area (Å²) < 4.78 is 51.4. The van der Waals surface area contributed by atoms with Crippen LogP contribution in [0.15, 0.2) is 47.6 Å². The van der Waals surface area contributed by atoms with Crippen molar-refractivity contribution >= 4 is 29.5 Å². The van der Waals surface area contributed by atoms with Gasteiger partial charge < -0.3 is 79.0 Å². The number of ketones is 2. The van der Waals surface area contributed by atoms with E-state index in [0.29, 0.717) is 104 Å². The number of aliphatic hydroxyl groups is 4. The van der Waals surface area contributed by atoms with Gasteiger partial charge in [-0.2, -0.15) is 0 Å². The number of carbonyl (C=O) groups is 5. The number of Topliss-reactive ketones (excluding diaryl/α,β-unsaturated/α-hetero) is 2. The van der Waals surface area contributed by atoms with Gasteiger partial charge in [0.25, 0.3) is 11.7 Å². The molecule has 3 aliphatic heterocycles. The minimum absolute atomic E-state index is 0.0262. The Hall–Kier alpha value is -3.97. The van der Waals surface area contributed by atoms with E-state index < -0.39 is 114 Å². The third kappa shape index (κ3) is 22.2. The number of ether oxygens (including phenoxy) is 9. The van der Waals surface area contributed by atoms with Crippen molar-refractivity contribution in [3.05, 3.63) is 47.6 Å². The van der Waals surface area contributed by atoms with Gasteiger partial charge in [0.2, 0.25) is 5.79 Å². The maximum atomic E-state index is 14.5. The first-order valence-corrected chi connectivity index (χ1v) is 29.5. The fraction of sp³-hybridized carbons (Fsp3) is 0.783. The molecule has 7 N–H and O–H groups in total. The molecule has 21 heteroatoms. The first-order valence-electron chi connectivity index (χ1n) is 29.5. The summed E-state index contributed by atoms with van der Waals surface area (Å²) in [5.41, 5.74) is 7.82. The second-order valence-electron chi connectivity index (χ2n) is 22.6. The number of nitrogens with zero attached hydrogens (tertiary/aromatic N) is 1. The Morgan fingerprint density at radius 2 is 1.48 bits per heavy atom. The summed E-state index contributed by atoms with van der Waals surface area (Å²) in [6.45, 7) is 16.2. The van der Waals surface area contributed by atoms with E-state index in [4.69, 9.17) is 48.4 Å². The van der Waals surface area contributed by atoms with Gasteiger partial charge in [-0.05, 0) is 108 Å². The average molecular weight is 1150 g/mol. The quantitative estimate of drug-likeness (QED) is 0.0388. The van der Waals surface area contributed by atoms with E-state index in [1.807, 2.05) is 51.2 Å². The zero-order chi connectivity index (χ0) is 59.6. The van der Waals surface area contributed by atoms with Gasteiger partial charge in [-0.1, -0.05) is 64.2 Å². The van der Waals surface area contributed by atoms with Gasteiger partial charge in [0.1, 0.15) is 30.5 Å². The number of nitrogens with two attached hydrogens (primary N) is 1. The van der Waals surface area contributed by atoms with Crippen LogP contribution < -0.4 is 11.1 Å². The number of allylic oxidation sites excluding steroid dienone is 5. The van der Waals surface area contributed by atoms with Crippen LogP contribution in [0.1, 0.15) is 126 Å². The Kier molecular flexibility index (Phi) is 30.9. The molecule has 1 aliphatic carbocycles. The van der Waals surface area contributed by atoms with Crippen molar-refractivity contribution in [1.82, 2.24) is 10.2 Å². The highest BCUT2D eigenvalue weighted by atomic mass is 16.6. The molecule has 0 aromatic heterocycles. The largest absolute Gasteiger partial charge is 0.460 e. The average Bonchev–Trinajstić information content (AvgIpc) is 3.47. The van der Waals surface area contributed by atoms with Gasteiger partial charge in [0.05, 0.1) is 70.7 Å². The molecule has 21 nitrogen and oxygen atoms in total. The highest BCUT2D eigenvalue weighted by molar-refractivity contribution is 6.39. The molecule has 1 unspecified atom stereocenters. The minimum Gasteiger partial charge on any atom is -0.460 e. The SMILES string of the molecule is CCOCCOCCOCCOCCNC(=O)O[C@@H]1CC[C@@H](C[C@@H](N)C(O)C[C@H]2OC(=O)[C@@H]3CCCCN3C(=O)C(=O)[C@]3(O)O[C@@H](CC[C@H]3C)C[C@H](OC)/C(C)=C/C=C/C=C/[C@@H](C)C[C@@H](C)C(=O)[C@H](O)[C@H](O)/C(C)=C/[C@H]2C)C[C@H]1OC. The molecule has 0 radical (unpaired) electrons. The Labute approximate surface area is 480 Å². The highest BCUT2D eigenvalue weighted by Gasteiger charge is 2.53. The molecule has 2 bridgehead atoms. The van der Waals surface area contributed by atoms with E-state index in [9.17, 15) is 44.4 Å². The lowest BCUT2D eigenvalue weighted by Gasteiger charge is -2.42. The molecule has 3 heterocycles. The van der Waals surface area contributed by atoms with Crippen molar-refractivity contribution < 1.29 is 87.0 Å². The number of cyclic esters (lactones) is 1. The summed E-state index contributed by atoms with van der Waals surface area (Å²) in [4.78, 5) is 70.7. The number of hydrogen-bond donors (Lipinski definition) is 6. The Morgan fingerprint density at radius 3 is 2.15 bits per heavy atom. The van der Waals surface area contributed by atoms with Crippen molar-refractivity contribution in [2.45, 2.75) is 192 Å². The summed E-state index contributed by atoms with van der Waals surface area (Å²) in [5, 5.41) is 49.2. The van der Waals surface area contributed by atoms with Crippen LogP contribution in [0, 0.1) is 29.6 Å². The minimum atomic E-state index is -2.48. The molecular formula is C60H99N3O18. The number of carbonyl (C=O) groups excluding carboxylic acids is 5. The number of nitrogens with one attached hydrogen (secondary N) is 1. The molecule has 0 aromatic carbocycles. The molecule has 3 fully saturated rings. The van der Waals surface area contributed by atoms with Gasteiger partial charge in [0.15, 0.2) is 5.78 Å². The van der Waals surface area contributed by atoms with Crippen molar-refractivity contribution in [2.24, 2.45) is 35.3 Å². The van der Waals surface area contributed by atoms with Crippen LogP contribution in [0.4, 0.5) is 4.79 Å². The van der Waals surface area contributed by atoms with Gasteiger partial charge in [-0.25, -0.2) is 9.59 Å². The number of aliphatic hydroxyl groups excluding tert-OH is 3. The fourth-order valence-corrected chi connectivity index (χ4v) is 11.2. The smallest absolute Gasteiger partial charge is 0.407 e. The van der Waals surface area contributed by atoms with Crippen molar-refractivity contribution in [3.8, 4) is 0 Å². The summed E-state index contributed by atoms with van der Waals surface area (Å²) in [6.07, 6.45) is 6.93. The van der Waals surface area contributed by atoms with E-state index in [-0.39, 0.29) is 56.4 Å². The molecule has 462 valence electrons. The second kappa shape index (κ2) is 36.0. The number of alkyl carbamates (subject to hydrolysis) is 1. The summed E-state index contributed by atoms with van der Waals surface area (Å²) in [7, 11) is 3.10. The zero-order valence-corrected chi connectivity index (χ0v) is 49.7. The maximum Gasteiger partial charge on any atom is 0.407 e. The Morgan fingerprint density at radius 1 is 0.802 bits per heavy atom. The first-order chi connectivity index (χ1) is 38.6. The van der Waals surface area contributed by atoms with Gasteiger partial charge in [-0.3, -0.25) is 14.4 Å². The molecule has 0 spiro atoms. The Bertz CT molecular complexity index is 2070. The molecular weight excluding hydrogens is 1050 g/mol. The number of hydrogen-bond acceptors (Lipinski definition) is 19. The van der Waals surface area contributed by atoms with Crippen LogP contribution in [0.3, 0.4) is 0 Å². The number of fused-ring (bicyclic) bond motifs is 3. The summed E-state index contributed by atoms with van der Waals surface area (Å²) >= 11 is 0. The zero-order valence-electron chi connectivity index (χ0n) is 49.7. The first kappa shape index (κ1) is 69.5. The predicted molar refractivity (Wildman–Crippen MR) is 301 cm³/mol. The topological polar surface area (TPSA) is 291 Å². The van der Waals surface area contributed by atoms with E-state index >= 15 is 0 Å². The van der Waals surface area contributed by atoms with Crippen LogP contribution in [0.25, 0.3) is 0 Å². The van der Waals surface area contributed by atoms with Crippen molar-refractivity contribution in [2.75, 3.05) is 80.2 Å². The van der Waals surface area contributed by atoms with Gasteiger partial charge >= 0.3 is 12.1 Å². The van der Waals surface area contributed by atoms with Crippen LogP contribution >= 0.6 is 0 Å². The van der Waals surface area contributed by atoms with E-state index in [1.54, 1.807) is 40.9 Å². The standard InChI is InChI=1S/C60H99N3O18/c1-10-75-26-27-77-30-31-78-29-28-76-25-23-62-59(71)80-49-22-20-44(35-52(49)74-9)34-46(61)48(64)37-51-40(4)33-42(6)54(66)55(67)53(65)41(5)32-38(2)16-12-11-13-17-39(3)50(73-8)36-45-21-19-43(7)60(72,81-45)56(68)57(69)63-24-15-14-18-47(63)58(70)79-51/h11-13,16-17,33,38,40-41,43-52,54-55,64,66-67,72H,10,14-15,18-32,34-37,61H2,1-9H3,(H,62,71)/b13-11+,16-12+,39-17+,42-33+/t38-,40-,41-,43-,44+,45+,46-,47+,48?,49-,50+,51-,52-,54-,55+,60-/m1/s1. The number of esters is 1. The summed E-state index contributed by atoms with van der Waals surface area (Å²) in [6, 6.07) is -2.07. The fourth-order valence-electron chi connectivity index (χ4n) is 11.2. The number of piperidine rings is 1. The van der Waals surface area contributed by atoms with Gasteiger partial charge in [0, 0.05) is 70.6 Å². The van der Waals surface area contributed by atoms with Crippen LogP contribution in [-0.4, -0.2) is 202 Å². The molecule has 4 aliphatic rings. The van der Waals surface area contributed by atoms with E-state index in [0.717, 1.165) is 10.5 Å². The number of methoxy groups -OCH3 is 2. The predicted octanol–water partition coefficient (Wildman–Crippen LogP) is 4.83. The van der Waals surface area contributed by atoms with Crippen molar-refractivity contribution in [1.29, 1.82) is 0 Å². The van der Waals surface area contributed by atoms with E-state index in [1.165, 1.54) is 7.11 Å². The van der Waals surface area contributed by atoms with E-state index in [2.05, 4.69) is 5.32 Å². The molecule has 0 aromatic rings. The lowest BCUT2D eigenvalue weighted by molar-refractivity contribution is -0.265. The molecule has 4 rings (SSSR count). The van der Waals surface area contributed by atoms with Crippen LogP contribution in [-0.2, 0) is 61.8 Å². The number of rotatable bonds is 21. The molecule has 81 heavy (non-hydrogen) atoms. The maximum absolute atomic E-state index is 14.5. The Balaban J connectivity index is 1.48. The molecule has 1 saturated carbocycles. The summed E-state index contributed by atoms with van der Waals surface area (Å²) in [5.74, 6) is -8.36. The monoisotopic (exact) mass is 1150 g/mol. The van der Waals surface area contributed by atoms with Crippen LogP contribution in [0.5, 0.6) is 0 Å². The third-order valence-corrected chi connectivity index (χ3v) is 16.2. The lowest BCUT2D eigenvalue weighted by atomic mass is 9.80. The molecule has 16 atom stereocenters. The van der Waals surface area contributed by atoms with Gasteiger partial charge in [-0.15, -0.1) is 0 Å². The normalized spacial score (nSPS) is 34.7. The number of amides is 2. The molecule has 2 amide bonds. The molecule has 2 saturated heterocycles. The third-order valence-electron chi connectivity index (χ3n) is 16.2. The second-order valence-corrected chi connectivity index (χ2v) is 22.6. The van der Waals surface area contributed by atoms with Crippen LogP contribution in [0.2, 0.25) is 0 Å². The van der Waals surface area contributed by atoms with Crippen molar-refractivity contribution in [3.63, 3.8) is 0 Å². The highest BCUT2D eigenvalue weighted by Crippen LogP contribution is 2.37. The lowest BCUT2D eigenvalue weighted by Crippen LogP contribution is -2.61.